The third-order valence-corrected chi connectivity index (χ3v) is 4.26. The summed E-state index contributed by atoms with van der Waals surface area (Å²) in [4.78, 5) is 12.6. The SMILES string of the molecule is CCCOc1ccc(C(=O)NC2CC(C)(C)NC(C)(C)C2)cc1N. The van der Waals surface area contributed by atoms with Crippen molar-refractivity contribution in [3.05, 3.63) is 23.8 Å². The molecule has 0 saturated carbocycles. The van der Waals surface area contributed by atoms with Crippen LogP contribution in [0.3, 0.4) is 0 Å². The molecule has 1 aliphatic heterocycles. The number of ether oxygens (including phenoxy) is 1. The first-order valence-electron chi connectivity index (χ1n) is 8.74. The zero-order chi connectivity index (χ0) is 18.0. The Morgan fingerprint density at radius 2 is 1.92 bits per heavy atom. The Kier molecular flexibility index (Phi) is 5.43. The number of nitrogen functional groups attached to an aromatic ring is 1. The Balaban J connectivity index is 2.05. The molecule has 0 unspecified atom stereocenters. The average Bonchev–Trinajstić information content (AvgIpc) is 2.42. The van der Waals surface area contributed by atoms with E-state index >= 15 is 0 Å². The summed E-state index contributed by atoms with van der Waals surface area (Å²) in [5, 5.41) is 6.78. The summed E-state index contributed by atoms with van der Waals surface area (Å²) in [6, 6.07) is 5.38. The zero-order valence-corrected chi connectivity index (χ0v) is 15.5. The molecule has 0 spiro atoms. The molecule has 0 aromatic heterocycles. The monoisotopic (exact) mass is 333 g/mol. The lowest BCUT2D eigenvalue weighted by molar-refractivity contribution is 0.0873. The highest BCUT2D eigenvalue weighted by Gasteiger charge is 2.38. The van der Waals surface area contributed by atoms with E-state index in [1.807, 2.05) is 6.92 Å². The third-order valence-electron chi connectivity index (χ3n) is 4.26. The lowest BCUT2D eigenvalue weighted by Crippen LogP contribution is -2.62. The predicted molar refractivity (Wildman–Crippen MR) is 98.4 cm³/mol. The number of hydrogen-bond acceptors (Lipinski definition) is 4. The maximum Gasteiger partial charge on any atom is 0.251 e. The van der Waals surface area contributed by atoms with Gasteiger partial charge in [0.05, 0.1) is 12.3 Å². The quantitative estimate of drug-likeness (QED) is 0.724. The van der Waals surface area contributed by atoms with Gasteiger partial charge in [0.2, 0.25) is 0 Å². The number of nitrogens with one attached hydrogen (secondary N) is 2. The van der Waals surface area contributed by atoms with E-state index in [9.17, 15) is 4.79 Å². The Labute approximate surface area is 145 Å². The molecule has 134 valence electrons. The van der Waals surface area contributed by atoms with E-state index in [4.69, 9.17) is 10.5 Å². The summed E-state index contributed by atoms with van der Waals surface area (Å²) in [5.74, 6) is 0.555. The molecule has 0 radical (unpaired) electrons. The Morgan fingerprint density at radius 3 is 2.46 bits per heavy atom. The molecule has 1 heterocycles. The van der Waals surface area contributed by atoms with Gasteiger partial charge in [0, 0.05) is 22.7 Å². The van der Waals surface area contributed by atoms with E-state index in [-0.39, 0.29) is 23.0 Å². The maximum absolute atomic E-state index is 12.6. The number of rotatable bonds is 5. The van der Waals surface area contributed by atoms with Crippen LogP contribution in [0, 0.1) is 0 Å². The molecule has 24 heavy (non-hydrogen) atoms. The highest BCUT2D eigenvalue weighted by Crippen LogP contribution is 2.29. The van der Waals surface area contributed by atoms with E-state index < -0.39 is 0 Å². The predicted octanol–water partition coefficient (Wildman–Crippen LogP) is 3.10. The van der Waals surface area contributed by atoms with Crippen LogP contribution in [0.25, 0.3) is 0 Å². The highest BCUT2D eigenvalue weighted by atomic mass is 16.5. The van der Waals surface area contributed by atoms with Gasteiger partial charge in [0.15, 0.2) is 0 Å². The molecule has 0 bridgehead atoms. The zero-order valence-electron chi connectivity index (χ0n) is 15.5. The van der Waals surface area contributed by atoms with Gasteiger partial charge in [0.1, 0.15) is 5.75 Å². The molecular weight excluding hydrogens is 302 g/mol. The molecule has 1 aromatic rings. The largest absolute Gasteiger partial charge is 0.491 e. The van der Waals surface area contributed by atoms with Gasteiger partial charge in [-0.1, -0.05) is 6.92 Å². The van der Waals surface area contributed by atoms with Crippen LogP contribution in [0.5, 0.6) is 5.75 Å². The summed E-state index contributed by atoms with van der Waals surface area (Å²) in [6.45, 7) is 11.3. The van der Waals surface area contributed by atoms with Gasteiger partial charge >= 0.3 is 0 Å². The van der Waals surface area contributed by atoms with Crippen LogP contribution in [0.15, 0.2) is 18.2 Å². The molecule has 1 aliphatic rings. The fraction of sp³-hybridized carbons (Fsp3) is 0.632. The van der Waals surface area contributed by atoms with Crippen molar-refractivity contribution in [2.75, 3.05) is 12.3 Å². The van der Waals surface area contributed by atoms with Gasteiger partial charge in [-0.3, -0.25) is 4.79 Å². The number of amides is 1. The summed E-state index contributed by atoms with van der Waals surface area (Å²) < 4.78 is 5.56. The molecule has 5 nitrogen and oxygen atoms in total. The number of anilines is 1. The Bertz CT molecular complexity index is 580. The van der Waals surface area contributed by atoms with E-state index in [2.05, 4.69) is 38.3 Å². The van der Waals surface area contributed by atoms with Crippen molar-refractivity contribution in [2.45, 2.75) is 71.0 Å². The smallest absolute Gasteiger partial charge is 0.251 e. The third kappa shape index (κ3) is 4.87. The number of piperidine rings is 1. The van der Waals surface area contributed by atoms with Crippen molar-refractivity contribution >= 4 is 11.6 Å². The van der Waals surface area contributed by atoms with E-state index in [0.717, 1.165) is 19.3 Å². The normalized spacial score (nSPS) is 19.7. The summed E-state index contributed by atoms with van der Waals surface area (Å²) in [6.07, 6.45) is 2.72. The molecule has 5 heteroatoms. The van der Waals surface area contributed by atoms with Crippen LogP contribution in [-0.4, -0.2) is 29.6 Å². The molecule has 0 atom stereocenters. The minimum Gasteiger partial charge on any atom is -0.491 e. The van der Waals surface area contributed by atoms with E-state index in [0.29, 0.717) is 23.6 Å². The first-order chi connectivity index (χ1) is 11.1. The number of benzene rings is 1. The van der Waals surface area contributed by atoms with Crippen molar-refractivity contribution in [3.63, 3.8) is 0 Å². The van der Waals surface area contributed by atoms with Crippen LogP contribution in [0.4, 0.5) is 5.69 Å². The van der Waals surface area contributed by atoms with E-state index in [1.54, 1.807) is 18.2 Å². The molecule has 1 saturated heterocycles. The Morgan fingerprint density at radius 1 is 1.29 bits per heavy atom. The summed E-state index contributed by atoms with van der Waals surface area (Å²) in [5.41, 5.74) is 7.07. The fourth-order valence-corrected chi connectivity index (χ4v) is 3.73. The van der Waals surface area contributed by atoms with Crippen LogP contribution >= 0.6 is 0 Å². The maximum atomic E-state index is 12.6. The minimum absolute atomic E-state index is 0.00340. The van der Waals surface area contributed by atoms with Crippen LogP contribution in [0.2, 0.25) is 0 Å². The second kappa shape index (κ2) is 7.01. The van der Waals surface area contributed by atoms with Crippen molar-refractivity contribution in [1.82, 2.24) is 10.6 Å². The fourth-order valence-electron chi connectivity index (χ4n) is 3.73. The lowest BCUT2D eigenvalue weighted by atomic mass is 9.79. The van der Waals surface area contributed by atoms with Gasteiger partial charge in [-0.25, -0.2) is 0 Å². The lowest BCUT2D eigenvalue weighted by Gasteiger charge is -2.46. The topological polar surface area (TPSA) is 76.4 Å². The second-order valence-corrected chi connectivity index (χ2v) is 8.07. The molecule has 2 rings (SSSR count). The van der Waals surface area contributed by atoms with Crippen LogP contribution in [-0.2, 0) is 0 Å². The van der Waals surface area contributed by atoms with Gasteiger partial charge in [-0.15, -0.1) is 0 Å². The van der Waals surface area contributed by atoms with Crippen molar-refractivity contribution in [2.24, 2.45) is 0 Å². The second-order valence-electron chi connectivity index (χ2n) is 8.07. The molecule has 0 aliphatic carbocycles. The minimum atomic E-state index is -0.0813. The number of carbonyl (C=O) groups excluding carboxylic acids is 1. The first-order valence-corrected chi connectivity index (χ1v) is 8.74. The molecule has 1 fully saturated rings. The van der Waals surface area contributed by atoms with Crippen molar-refractivity contribution < 1.29 is 9.53 Å². The van der Waals surface area contributed by atoms with Gasteiger partial charge in [0.25, 0.3) is 5.91 Å². The standard InChI is InChI=1S/C19H31N3O2/c1-6-9-24-16-8-7-13(10-15(16)20)17(23)21-14-11-18(2,3)22-19(4,5)12-14/h7-8,10,14,22H,6,9,11-12,20H2,1-5H3,(H,21,23). The Hall–Kier alpha value is -1.75. The number of carbonyl (C=O) groups is 1. The highest BCUT2D eigenvalue weighted by molar-refractivity contribution is 5.95. The van der Waals surface area contributed by atoms with E-state index in [1.165, 1.54) is 0 Å². The molecular formula is C19H31N3O2. The molecule has 4 N–H and O–H groups in total. The van der Waals surface area contributed by atoms with Crippen LogP contribution < -0.4 is 21.1 Å². The summed E-state index contributed by atoms with van der Waals surface area (Å²) in [7, 11) is 0. The van der Waals surface area contributed by atoms with Gasteiger partial charge in [-0.05, 0) is 65.2 Å². The van der Waals surface area contributed by atoms with Crippen molar-refractivity contribution in [3.8, 4) is 5.75 Å². The number of nitrogens with two attached hydrogens (primary N) is 1. The molecule has 1 amide bonds. The first kappa shape index (κ1) is 18.6. The van der Waals surface area contributed by atoms with Crippen molar-refractivity contribution in [1.29, 1.82) is 0 Å². The van der Waals surface area contributed by atoms with Gasteiger partial charge < -0.3 is 21.1 Å². The summed E-state index contributed by atoms with van der Waals surface area (Å²) >= 11 is 0. The average molecular weight is 333 g/mol. The van der Waals surface area contributed by atoms with Gasteiger partial charge in [-0.2, -0.15) is 0 Å². The van der Waals surface area contributed by atoms with Crippen LogP contribution in [0.1, 0.15) is 64.2 Å². The molecule has 1 aromatic carbocycles. The number of hydrogen-bond donors (Lipinski definition) is 3.